The third-order valence-electron chi connectivity index (χ3n) is 8.35. The summed E-state index contributed by atoms with van der Waals surface area (Å²) in [5.74, 6) is 0.766. The van der Waals surface area contributed by atoms with Gasteiger partial charge in [-0.3, -0.25) is 14.4 Å². The zero-order chi connectivity index (χ0) is 31.1. The maximum atomic E-state index is 12.8. The molecule has 228 valence electrons. The fraction of sp³-hybridized carbons (Fsp3) is 0.605. The molecule has 1 aliphatic rings. The van der Waals surface area contributed by atoms with Crippen molar-refractivity contribution in [1.29, 1.82) is 0 Å². The number of hydrogen-bond acceptors (Lipinski definition) is 3. The van der Waals surface area contributed by atoms with E-state index in [1.165, 1.54) is 41.2 Å². The van der Waals surface area contributed by atoms with Crippen LogP contribution in [0.25, 0.3) is 0 Å². The van der Waals surface area contributed by atoms with Crippen molar-refractivity contribution < 1.29 is 14.4 Å². The molecule has 3 unspecified atom stereocenters. The molecule has 3 rings (SSSR count). The Labute approximate surface area is 251 Å². The summed E-state index contributed by atoms with van der Waals surface area (Å²) in [4.78, 5) is 36.9. The summed E-state index contributed by atoms with van der Waals surface area (Å²) >= 11 is 0. The Morgan fingerprint density at radius 2 is 1.46 bits per heavy atom. The van der Waals surface area contributed by atoms with Crippen molar-refractivity contribution in [2.45, 2.75) is 133 Å². The molecule has 0 bridgehead atoms. The van der Waals surface area contributed by atoms with Crippen LogP contribution in [-0.2, 0) is 28.9 Å². The van der Waals surface area contributed by atoms with Gasteiger partial charge in [0.15, 0.2) is 5.78 Å². The maximum absolute atomic E-state index is 12.8. The highest BCUT2D eigenvalue weighted by molar-refractivity contribution is 6.00. The van der Waals surface area contributed by atoms with E-state index in [9.17, 15) is 14.4 Å². The molecule has 2 aromatic carbocycles. The summed E-state index contributed by atoms with van der Waals surface area (Å²) in [6.07, 6.45) is 8.76. The number of rotatable bonds is 11. The van der Waals surface area contributed by atoms with Crippen molar-refractivity contribution >= 4 is 17.3 Å². The van der Waals surface area contributed by atoms with Gasteiger partial charge in [0, 0.05) is 17.9 Å². The van der Waals surface area contributed by atoms with Gasteiger partial charge in [0.05, 0.1) is 6.42 Å². The molecule has 3 nitrogen and oxygen atoms in total. The summed E-state index contributed by atoms with van der Waals surface area (Å²) in [5.41, 5.74) is 8.77. The van der Waals surface area contributed by atoms with Crippen LogP contribution in [0.2, 0.25) is 0 Å². The molecule has 0 heterocycles. The molecule has 0 saturated carbocycles. The van der Waals surface area contributed by atoms with Gasteiger partial charge in [-0.25, -0.2) is 0 Å². The molecule has 0 radical (unpaired) electrons. The molecular formula is C38H58O3. The summed E-state index contributed by atoms with van der Waals surface area (Å²) in [6.45, 7) is 20.6. The highest BCUT2D eigenvalue weighted by atomic mass is 16.1. The van der Waals surface area contributed by atoms with E-state index in [-0.39, 0.29) is 35.6 Å². The van der Waals surface area contributed by atoms with Crippen LogP contribution < -0.4 is 0 Å². The molecule has 0 spiro atoms. The van der Waals surface area contributed by atoms with Gasteiger partial charge < -0.3 is 0 Å². The highest BCUT2D eigenvalue weighted by Crippen LogP contribution is 2.37. The Balaban J connectivity index is 0.000000496. The Morgan fingerprint density at radius 3 is 2.00 bits per heavy atom. The third-order valence-corrected chi connectivity index (χ3v) is 8.35. The van der Waals surface area contributed by atoms with Crippen LogP contribution in [0.5, 0.6) is 0 Å². The predicted molar refractivity (Wildman–Crippen MR) is 175 cm³/mol. The van der Waals surface area contributed by atoms with Gasteiger partial charge in [-0.1, -0.05) is 91.1 Å². The van der Waals surface area contributed by atoms with Crippen molar-refractivity contribution in [2.75, 3.05) is 0 Å². The van der Waals surface area contributed by atoms with Crippen molar-refractivity contribution in [3.05, 3.63) is 69.3 Å². The molecule has 41 heavy (non-hydrogen) atoms. The van der Waals surface area contributed by atoms with E-state index >= 15 is 0 Å². The molecule has 0 fully saturated rings. The Hall–Kier alpha value is -2.55. The minimum atomic E-state index is -0.0658. The van der Waals surface area contributed by atoms with E-state index < -0.39 is 0 Å². The van der Waals surface area contributed by atoms with E-state index in [4.69, 9.17) is 0 Å². The van der Waals surface area contributed by atoms with E-state index in [0.717, 1.165) is 56.1 Å². The topological polar surface area (TPSA) is 51.2 Å². The minimum absolute atomic E-state index is 0.0451. The first-order chi connectivity index (χ1) is 19.5. The Bertz CT molecular complexity index is 1130. The average molecular weight is 563 g/mol. The zero-order valence-electron chi connectivity index (χ0n) is 27.9. The number of fused-ring (bicyclic) bond motifs is 1. The van der Waals surface area contributed by atoms with Crippen LogP contribution >= 0.6 is 0 Å². The van der Waals surface area contributed by atoms with Crippen LogP contribution in [0.15, 0.2) is 30.3 Å². The van der Waals surface area contributed by atoms with Crippen molar-refractivity contribution in [2.24, 2.45) is 17.8 Å². The normalized spacial score (nSPS) is 15.5. The third kappa shape index (κ3) is 11.3. The van der Waals surface area contributed by atoms with Crippen LogP contribution in [0.3, 0.4) is 0 Å². The Kier molecular flexibility index (Phi) is 16.7. The lowest BCUT2D eigenvalue weighted by Gasteiger charge is -2.32. The number of aryl methyl sites for hydroxylation is 5. The molecule has 0 N–H and O–H groups in total. The fourth-order valence-electron chi connectivity index (χ4n) is 6.22. The van der Waals surface area contributed by atoms with Gasteiger partial charge in [-0.15, -0.1) is 0 Å². The van der Waals surface area contributed by atoms with E-state index in [2.05, 4.69) is 72.7 Å². The molecule has 1 aliphatic carbocycles. The first kappa shape index (κ1) is 36.5. The van der Waals surface area contributed by atoms with Crippen molar-refractivity contribution in [1.82, 2.24) is 0 Å². The number of benzene rings is 2. The highest BCUT2D eigenvalue weighted by Gasteiger charge is 2.33. The van der Waals surface area contributed by atoms with Crippen LogP contribution in [0, 0.1) is 38.5 Å². The van der Waals surface area contributed by atoms with Gasteiger partial charge in [0.1, 0.15) is 11.6 Å². The average Bonchev–Trinajstić information content (AvgIpc) is 2.92. The fourth-order valence-corrected chi connectivity index (χ4v) is 6.22. The molecule has 0 aliphatic heterocycles. The number of Topliss-reactive ketones (excluding diaryl/α,β-unsaturated/α-hetero) is 3. The smallest absolute Gasteiger partial charge is 0.163 e. The molecule has 0 aromatic heterocycles. The lowest BCUT2D eigenvalue weighted by Crippen LogP contribution is -2.30. The van der Waals surface area contributed by atoms with Crippen LogP contribution in [-0.4, -0.2) is 17.3 Å². The van der Waals surface area contributed by atoms with Gasteiger partial charge >= 0.3 is 0 Å². The van der Waals surface area contributed by atoms with Gasteiger partial charge in [0.2, 0.25) is 0 Å². The van der Waals surface area contributed by atoms with Crippen LogP contribution in [0.4, 0.5) is 0 Å². The predicted octanol–water partition coefficient (Wildman–Crippen LogP) is 9.97. The van der Waals surface area contributed by atoms with Gasteiger partial charge in [0.25, 0.3) is 0 Å². The molecule has 2 aromatic rings. The first-order valence-electron chi connectivity index (χ1n) is 16.2. The van der Waals surface area contributed by atoms with Crippen LogP contribution in [0.1, 0.15) is 137 Å². The summed E-state index contributed by atoms with van der Waals surface area (Å²) in [7, 11) is 0. The standard InChI is InChI=1S/C24H34O3.C11H16.C3H8/c1-6-8-19(20(7-2)22(26)11-17(5)25)12-18-13-21-15(3)9-10-16(4)24(21)23(27)14-18;1-4-10-7-6-9(3)11(5-2)8-10;1-3-2/h9-10,18-20H,6-8,11-14H2,1-5H3;6-8H,4-5H2,1-3H3;3H2,1-2H3. The SMILES string of the molecule is CCC.CCCC(CC1CC(=O)c2c(C)ccc(C)c2C1)C(CC)C(=O)CC(C)=O.CCc1ccc(C)c(CC)c1. The zero-order valence-corrected chi connectivity index (χ0v) is 27.9. The van der Waals surface area contributed by atoms with Crippen molar-refractivity contribution in [3.63, 3.8) is 0 Å². The first-order valence-corrected chi connectivity index (χ1v) is 16.2. The summed E-state index contributed by atoms with van der Waals surface area (Å²) in [6, 6.07) is 10.9. The number of hydrogen-bond donors (Lipinski definition) is 0. The molecule has 3 heteroatoms. The largest absolute Gasteiger partial charge is 0.300 e. The Morgan fingerprint density at radius 1 is 0.854 bits per heavy atom. The monoisotopic (exact) mass is 562 g/mol. The second kappa shape index (κ2) is 18.8. The molecule has 0 saturated heterocycles. The number of ketones is 3. The van der Waals surface area contributed by atoms with Crippen molar-refractivity contribution in [3.8, 4) is 0 Å². The number of carbonyl (C=O) groups excluding carboxylic acids is 3. The molecular weight excluding hydrogens is 504 g/mol. The van der Waals surface area contributed by atoms with Gasteiger partial charge in [-0.05, 0) is 105 Å². The van der Waals surface area contributed by atoms with E-state index in [1.54, 1.807) is 0 Å². The van der Waals surface area contributed by atoms with Gasteiger partial charge in [-0.2, -0.15) is 0 Å². The second-order valence-corrected chi connectivity index (χ2v) is 12.1. The lowest BCUT2D eigenvalue weighted by atomic mass is 9.71. The summed E-state index contributed by atoms with van der Waals surface area (Å²) in [5, 5.41) is 0. The maximum Gasteiger partial charge on any atom is 0.163 e. The van der Waals surface area contributed by atoms with E-state index in [1.807, 2.05) is 19.9 Å². The minimum Gasteiger partial charge on any atom is -0.300 e. The number of carbonyl (C=O) groups is 3. The quantitative estimate of drug-likeness (QED) is 0.256. The van der Waals surface area contributed by atoms with E-state index in [0.29, 0.717) is 12.3 Å². The second-order valence-electron chi connectivity index (χ2n) is 12.1. The lowest BCUT2D eigenvalue weighted by molar-refractivity contribution is -0.129. The summed E-state index contributed by atoms with van der Waals surface area (Å²) < 4.78 is 0. The molecule has 3 atom stereocenters. The molecule has 0 amide bonds.